The Balaban J connectivity index is 1.96. The number of pyridine rings is 1. The Morgan fingerprint density at radius 1 is 1.22 bits per heavy atom. The van der Waals surface area contributed by atoms with Crippen LogP contribution >= 0.6 is 23.4 Å². The van der Waals surface area contributed by atoms with E-state index in [2.05, 4.69) is 10.3 Å². The lowest BCUT2D eigenvalue weighted by Crippen LogP contribution is -2.22. The monoisotopic (exact) mass is 360 g/mol. The van der Waals surface area contributed by atoms with E-state index in [0.717, 1.165) is 24.0 Å². The van der Waals surface area contributed by atoms with Crippen molar-refractivity contribution >= 4 is 35.0 Å². The first-order valence-corrected chi connectivity index (χ1v) is 7.78. The summed E-state index contributed by atoms with van der Waals surface area (Å²) >= 11 is 6.83. The molecule has 1 N–H and O–H groups in total. The van der Waals surface area contributed by atoms with Gasteiger partial charge in [0.1, 0.15) is 0 Å². The first-order chi connectivity index (χ1) is 10.8. The van der Waals surface area contributed by atoms with Crippen LogP contribution in [0.4, 0.5) is 18.9 Å². The van der Waals surface area contributed by atoms with Gasteiger partial charge >= 0.3 is 6.18 Å². The smallest absolute Gasteiger partial charge is 0.325 e. The van der Waals surface area contributed by atoms with E-state index >= 15 is 0 Å². The number of alkyl halides is 3. The normalized spacial score (nSPS) is 12.7. The minimum atomic E-state index is -4.42. The summed E-state index contributed by atoms with van der Waals surface area (Å²) in [7, 11) is 0. The SMILES string of the molecule is CC(Sc1ccc(C(F)(F)F)cn1)C(=O)Nc1ccc(Cl)cc1. The Kier molecular flexibility index (Phi) is 5.54. The number of aromatic nitrogens is 1. The summed E-state index contributed by atoms with van der Waals surface area (Å²) in [5, 5.41) is 3.08. The van der Waals surface area contributed by atoms with Crippen LogP contribution in [0.25, 0.3) is 0 Å². The maximum Gasteiger partial charge on any atom is 0.417 e. The largest absolute Gasteiger partial charge is 0.417 e. The number of amides is 1. The number of benzene rings is 1. The van der Waals surface area contributed by atoms with Crippen LogP contribution in [0.3, 0.4) is 0 Å². The summed E-state index contributed by atoms with van der Waals surface area (Å²) in [6.45, 7) is 1.65. The van der Waals surface area contributed by atoms with Crippen LogP contribution in [0.1, 0.15) is 12.5 Å². The molecule has 1 aromatic heterocycles. The van der Waals surface area contributed by atoms with Gasteiger partial charge in [0.05, 0.1) is 15.8 Å². The molecule has 1 unspecified atom stereocenters. The van der Waals surface area contributed by atoms with Gasteiger partial charge < -0.3 is 5.32 Å². The van der Waals surface area contributed by atoms with Crippen molar-refractivity contribution in [1.29, 1.82) is 0 Å². The van der Waals surface area contributed by atoms with Crippen molar-refractivity contribution in [3.05, 3.63) is 53.2 Å². The number of nitrogens with one attached hydrogen (secondary N) is 1. The number of halogens is 4. The quantitative estimate of drug-likeness (QED) is 0.791. The van der Waals surface area contributed by atoms with Gasteiger partial charge in [-0.25, -0.2) is 4.98 Å². The highest BCUT2D eigenvalue weighted by atomic mass is 35.5. The number of nitrogens with zero attached hydrogens (tertiary/aromatic N) is 1. The van der Waals surface area contributed by atoms with Crippen LogP contribution in [0.2, 0.25) is 5.02 Å². The molecule has 1 heterocycles. The molecule has 1 amide bonds. The minimum absolute atomic E-state index is 0.279. The number of carbonyl (C=O) groups excluding carboxylic acids is 1. The second-order valence-corrected chi connectivity index (χ2v) is 6.44. The second kappa shape index (κ2) is 7.23. The molecule has 0 aliphatic carbocycles. The fraction of sp³-hybridized carbons (Fsp3) is 0.200. The first kappa shape index (κ1) is 17.6. The summed E-state index contributed by atoms with van der Waals surface area (Å²) in [4.78, 5) is 15.8. The van der Waals surface area contributed by atoms with Crippen LogP contribution < -0.4 is 5.32 Å². The van der Waals surface area contributed by atoms with Crippen LogP contribution in [-0.4, -0.2) is 16.1 Å². The molecule has 8 heteroatoms. The van der Waals surface area contributed by atoms with Gasteiger partial charge in [0.2, 0.25) is 5.91 Å². The van der Waals surface area contributed by atoms with Crippen molar-refractivity contribution in [3.63, 3.8) is 0 Å². The lowest BCUT2D eigenvalue weighted by atomic mass is 10.3. The van der Waals surface area contributed by atoms with Crippen molar-refractivity contribution in [2.24, 2.45) is 0 Å². The number of carbonyl (C=O) groups is 1. The molecular formula is C15H12ClF3N2OS. The van der Waals surface area contributed by atoms with Crippen LogP contribution in [0, 0.1) is 0 Å². The Morgan fingerprint density at radius 3 is 2.39 bits per heavy atom. The van der Waals surface area contributed by atoms with E-state index < -0.39 is 17.0 Å². The van der Waals surface area contributed by atoms with E-state index in [9.17, 15) is 18.0 Å². The summed E-state index contributed by atoms with van der Waals surface area (Å²) in [5.74, 6) is -0.279. The van der Waals surface area contributed by atoms with Gasteiger partial charge in [-0.1, -0.05) is 23.4 Å². The molecule has 122 valence electrons. The molecule has 0 fully saturated rings. The number of rotatable bonds is 4. The van der Waals surface area contributed by atoms with E-state index in [1.807, 2.05) is 0 Å². The third kappa shape index (κ3) is 5.14. The fourth-order valence-electron chi connectivity index (χ4n) is 1.63. The third-order valence-electron chi connectivity index (χ3n) is 2.84. The van der Waals surface area contributed by atoms with Gasteiger partial charge in [0.15, 0.2) is 0 Å². The van der Waals surface area contributed by atoms with Crippen molar-refractivity contribution in [3.8, 4) is 0 Å². The van der Waals surface area contributed by atoms with Gasteiger partial charge in [-0.3, -0.25) is 4.79 Å². The molecule has 0 aliphatic heterocycles. The highest BCUT2D eigenvalue weighted by Gasteiger charge is 2.30. The predicted molar refractivity (Wildman–Crippen MR) is 84.6 cm³/mol. The molecule has 1 atom stereocenters. The zero-order valence-electron chi connectivity index (χ0n) is 11.9. The lowest BCUT2D eigenvalue weighted by Gasteiger charge is -2.12. The molecule has 0 aliphatic rings. The van der Waals surface area contributed by atoms with E-state index in [-0.39, 0.29) is 5.91 Å². The van der Waals surface area contributed by atoms with Gasteiger partial charge in [0, 0.05) is 16.9 Å². The zero-order chi connectivity index (χ0) is 17.0. The Hall–Kier alpha value is -1.73. The van der Waals surface area contributed by atoms with E-state index in [0.29, 0.717) is 15.7 Å². The van der Waals surface area contributed by atoms with E-state index in [4.69, 9.17) is 11.6 Å². The second-order valence-electron chi connectivity index (χ2n) is 4.64. The summed E-state index contributed by atoms with van der Waals surface area (Å²) < 4.78 is 37.4. The topological polar surface area (TPSA) is 42.0 Å². The Bertz CT molecular complexity index is 675. The maximum atomic E-state index is 12.5. The fourth-order valence-corrected chi connectivity index (χ4v) is 2.54. The summed E-state index contributed by atoms with van der Waals surface area (Å²) in [6.07, 6.45) is -3.67. The molecule has 0 bridgehead atoms. The molecule has 0 saturated heterocycles. The van der Waals surface area contributed by atoms with Crippen molar-refractivity contribution in [2.45, 2.75) is 23.4 Å². The summed E-state index contributed by atoms with van der Waals surface area (Å²) in [6, 6.07) is 8.81. The standard InChI is InChI=1S/C15H12ClF3N2OS/c1-9(14(22)21-12-5-3-11(16)4-6-12)23-13-7-2-10(8-20-13)15(17,18)19/h2-9H,1H3,(H,21,22). The number of thioether (sulfide) groups is 1. The van der Waals surface area contributed by atoms with Crippen LogP contribution in [-0.2, 0) is 11.0 Å². The van der Waals surface area contributed by atoms with Crippen LogP contribution in [0.15, 0.2) is 47.6 Å². The molecule has 23 heavy (non-hydrogen) atoms. The third-order valence-corrected chi connectivity index (χ3v) is 4.14. The van der Waals surface area contributed by atoms with Crippen molar-refractivity contribution < 1.29 is 18.0 Å². The molecule has 1 aromatic carbocycles. The summed E-state index contributed by atoms with van der Waals surface area (Å²) in [5.41, 5.74) is -0.229. The molecule has 0 radical (unpaired) electrons. The zero-order valence-corrected chi connectivity index (χ0v) is 13.5. The van der Waals surface area contributed by atoms with Crippen molar-refractivity contribution in [1.82, 2.24) is 4.98 Å². The van der Waals surface area contributed by atoms with Gasteiger partial charge in [-0.2, -0.15) is 13.2 Å². The highest BCUT2D eigenvalue weighted by molar-refractivity contribution is 8.00. The van der Waals surface area contributed by atoms with Crippen LogP contribution in [0.5, 0.6) is 0 Å². The van der Waals surface area contributed by atoms with Gasteiger partial charge in [0.25, 0.3) is 0 Å². The molecule has 2 rings (SSSR count). The number of hydrogen-bond donors (Lipinski definition) is 1. The molecule has 0 saturated carbocycles. The number of anilines is 1. The van der Waals surface area contributed by atoms with E-state index in [1.165, 1.54) is 6.07 Å². The first-order valence-electron chi connectivity index (χ1n) is 6.52. The average molecular weight is 361 g/mol. The minimum Gasteiger partial charge on any atom is -0.325 e. The van der Waals surface area contributed by atoms with Gasteiger partial charge in [-0.05, 0) is 43.3 Å². The average Bonchev–Trinajstić information content (AvgIpc) is 2.49. The maximum absolute atomic E-state index is 12.5. The Morgan fingerprint density at radius 2 is 1.87 bits per heavy atom. The van der Waals surface area contributed by atoms with E-state index in [1.54, 1.807) is 31.2 Å². The Labute approximate surface area is 140 Å². The van der Waals surface area contributed by atoms with Gasteiger partial charge in [-0.15, -0.1) is 0 Å². The highest BCUT2D eigenvalue weighted by Crippen LogP contribution is 2.30. The molecule has 0 spiro atoms. The number of hydrogen-bond acceptors (Lipinski definition) is 3. The van der Waals surface area contributed by atoms with Crippen molar-refractivity contribution in [2.75, 3.05) is 5.32 Å². The molecular weight excluding hydrogens is 349 g/mol. The predicted octanol–water partition coefficient (Wildman–Crippen LogP) is 4.87. The molecule has 3 nitrogen and oxygen atoms in total. The molecule has 2 aromatic rings. The lowest BCUT2D eigenvalue weighted by molar-refractivity contribution is -0.137.